The van der Waals surface area contributed by atoms with Gasteiger partial charge in [-0.1, -0.05) is 23.2 Å². The van der Waals surface area contributed by atoms with Crippen molar-refractivity contribution < 1.29 is 4.79 Å². The van der Waals surface area contributed by atoms with Crippen LogP contribution in [0.2, 0.25) is 10.0 Å². The Hall–Kier alpha value is -1.78. The van der Waals surface area contributed by atoms with Crippen LogP contribution >= 0.6 is 23.2 Å². The zero-order valence-corrected chi connectivity index (χ0v) is 12.3. The van der Waals surface area contributed by atoms with Crippen LogP contribution in [0.1, 0.15) is 17.3 Å². The van der Waals surface area contributed by atoms with Crippen molar-refractivity contribution >= 4 is 40.5 Å². The second-order valence-electron chi connectivity index (χ2n) is 4.06. The number of amides is 1. The fourth-order valence-corrected chi connectivity index (χ4v) is 2.27. The largest absolute Gasteiger partial charge is 0.385 e. The van der Waals surface area contributed by atoms with Gasteiger partial charge in [-0.3, -0.25) is 9.78 Å². The summed E-state index contributed by atoms with van der Waals surface area (Å²) in [6.45, 7) is 2.67. The van der Waals surface area contributed by atoms with E-state index in [2.05, 4.69) is 15.6 Å². The van der Waals surface area contributed by atoms with E-state index in [1.54, 1.807) is 30.5 Å². The number of aromatic nitrogens is 1. The molecule has 0 saturated carbocycles. The van der Waals surface area contributed by atoms with Crippen LogP contribution in [0.4, 0.5) is 11.4 Å². The van der Waals surface area contributed by atoms with E-state index in [4.69, 9.17) is 23.2 Å². The predicted molar refractivity (Wildman–Crippen MR) is 82.8 cm³/mol. The van der Waals surface area contributed by atoms with E-state index in [1.165, 1.54) is 6.20 Å². The molecule has 0 saturated heterocycles. The third kappa shape index (κ3) is 3.62. The average molecular weight is 310 g/mol. The van der Waals surface area contributed by atoms with Crippen molar-refractivity contribution in [2.75, 3.05) is 17.2 Å². The van der Waals surface area contributed by atoms with Gasteiger partial charge in [0.2, 0.25) is 0 Å². The average Bonchev–Trinajstić information content (AvgIpc) is 2.38. The van der Waals surface area contributed by atoms with Gasteiger partial charge in [0.1, 0.15) is 0 Å². The Kier molecular flexibility index (Phi) is 4.82. The second-order valence-corrected chi connectivity index (χ2v) is 4.94. The smallest absolute Gasteiger partial charge is 0.259 e. The highest BCUT2D eigenvalue weighted by atomic mass is 35.5. The van der Waals surface area contributed by atoms with E-state index in [-0.39, 0.29) is 5.91 Å². The number of benzene rings is 1. The van der Waals surface area contributed by atoms with Crippen LogP contribution in [0.5, 0.6) is 0 Å². The molecule has 1 aromatic heterocycles. The molecule has 0 bridgehead atoms. The van der Waals surface area contributed by atoms with Crippen molar-refractivity contribution in [3.8, 4) is 0 Å². The number of anilines is 2. The first-order valence-electron chi connectivity index (χ1n) is 6.05. The summed E-state index contributed by atoms with van der Waals surface area (Å²) in [5.74, 6) is -0.271. The molecule has 2 rings (SSSR count). The van der Waals surface area contributed by atoms with E-state index < -0.39 is 0 Å². The molecule has 1 heterocycles. The molecule has 0 atom stereocenters. The van der Waals surface area contributed by atoms with E-state index >= 15 is 0 Å². The second kappa shape index (κ2) is 6.59. The lowest BCUT2D eigenvalue weighted by atomic mass is 10.2. The number of hydrogen-bond acceptors (Lipinski definition) is 3. The minimum absolute atomic E-state index is 0.271. The lowest BCUT2D eigenvalue weighted by Crippen LogP contribution is -2.15. The van der Waals surface area contributed by atoms with Crippen molar-refractivity contribution in [1.82, 2.24) is 4.98 Å². The highest BCUT2D eigenvalue weighted by Gasteiger charge is 2.12. The zero-order valence-electron chi connectivity index (χ0n) is 10.8. The van der Waals surface area contributed by atoms with Crippen LogP contribution < -0.4 is 10.6 Å². The number of halogens is 2. The van der Waals surface area contributed by atoms with Crippen LogP contribution in [0.3, 0.4) is 0 Å². The molecule has 0 aliphatic rings. The fourth-order valence-electron chi connectivity index (χ4n) is 1.74. The Morgan fingerprint density at radius 1 is 1.25 bits per heavy atom. The lowest BCUT2D eigenvalue weighted by molar-refractivity contribution is 0.102. The van der Waals surface area contributed by atoms with Crippen molar-refractivity contribution in [2.45, 2.75) is 6.92 Å². The highest BCUT2D eigenvalue weighted by Crippen LogP contribution is 2.23. The van der Waals surface area contributed by atoms with Gasteiger partial charge in [-0.2, -0.15) is 0 Å². The summed E-state index contributed by atoms with van der Waals surface area (Å²) in [7, 11) is 0. The zero-order chi connectivity index (χ0) is 14.5. The molecule has 0 unspecified atom stereocenters. The van der Waals surface area contributed by atoms with Crippen LogP contribution in [-0.2, 0) is 0 Å². The van der Waals surface area contributed by atoms with Gasteiger partial charge in [-0.05, 0) is 31.2 Å². The molecule has 0 aliphatic heterocycles. The van der Waals surface area contributed by atoms with Crippen LogP contribution in [-0.4, -0.2) is 17.4 Å². The normalized spacial score (nSPS) is 10.2. The molecule has 104 valence electrons. The summed E-state index contributed by atoms with van der Waals surface area (Å²) >= 11 is 11.8. The Bertz CT molecular complexity index is 611. The minimum atomic E-state index is -0.271. The predicted octanol–water partition coefficient (Wildman–Crippen LogP) is 4.07. The van der Waals surface area contributed by atoms with Crippen molar-refractivity contribution in [2.24, 2.45) is 0 Å². The summed E-state index contributed by atoms with van der Waals surface area (Å²) in [6, 6.07) is 6.62. The SMILES string of the molecule is CCNc1ccncc1C(=O)Nc1cc(Cl)cc(Cl)c1. The molecule has 2 N–H and O–H groups in total. The standard InChI is InChI=1S/C14H13Cl2N3O/c1-2-18-13-3-4-17-8-12(13)14(20)19-11-6-9(15)5-10(16)7-11/h3-8H,2H2,1H3,(H,17,18)(H,19,20). The van der Waals surface area contributed by atoms with Crippen LogP contribution in [0.15, 0.2) is 36.7 Å². The van der Waals surface area contributed by atoms with E-state index in [0.717, 1.165) is 5.69 Å². The van der Waals surface area contributed by atoms with Gasteiger partial charge in [0, 0.05) is 34.7 Å². The number of nitrogens with zero attached hydrogens (tertiary/aromatic N) is 1. The Labute approximate surface area is 127 Å². The van der Waals surface area contributed by atoms with Gasteiger partial charge in [0.05, 0.1) is 11.3 Å². The van der Waals surface area contributed by atoms with Crippen molar-refractivity contribution in [1.29, 1.82) is 0 Å². The van der Waals surface area contributed by atoms with Gasteiger partial charge in [0.25, 0.3) is 5.91 Å². The van der Waals surface area contributed by atoms with Crippen molar-refractivity contribution in [3.63, 3.8) is 0 Å². The number of carbonyl (C=O) groups excluding carboxylic acids is 1. The number of pyridine rings is 1. The molecule has 6 heteroatoms. The molecule has 1 aromatic carbocycles. The maximum absolute atomic E-state index is 12.3. The van der Waals surface area contributed by atoms with Gasteiger partial charge < -0.3 is 10.6 Å². The first-order valence-corrected chi connectivity index (χ1v) is 6.81. The first-order chi connectivity index (χ1) is 9.60. The van der Waals surface area contributed by atoms with Gasteiger partial charge in [0.15, 0.2) is 0 Å². The van der Waals surface area contributed by atoms with Crippen LogP contribution in [0.25, 0.3) is 0 Å². The van der Waals surface area contributed by atoms with Gasteiger partial charge >= 0.3 is 0 Å². The number of rotatable bonds is 4. The topological polar surface area (TPSA) is 54.0 Å². The monoisotopic (exact) mass is 309 g/mol. The molecular formula is C14H13Cl2N3O. The third-order valence-electron chi connectivity index (χ3n) is 2.55. The molecule has 1 amide bonds. The lowest BCUT2D eigenvalue weighted by Gasteiger charge is -2.11. The molecule has 0 aliphatic carbocycles. The van der Waals surface area contributed by atoms with E-state index in [0.29, 0.717) is 27.8 Å². The molecule has 20 heavy (non-hydrogen) atoms. The molecule has 4 nitrogen and oxygen atoms in total. The van der Waals surface area contributed by atoms with E-state index in [1.807, 2.05) is 6.92 Å². The quantitative estimate of drug-likeness (QED) is 0.895. The van der Waals surface area contributed by atoms with Gasteiger partial charge in [-0.25, -0.2) is 0 Å². The summed E-state index contributed by atoms with van der Waals surface area (Å²) in [5.41, 5.74) is 1.73. The number of nitrogens with one attached hydrogen (secondary N) is 2. The van der Waals surface area contributed by atoms with Crippen LogP contribution in [0, 0.1) is 0 Å². The number of carbonyl (C=O) groups is 1. The molecule has 0 fully saturated rings. The summed E-state index contributed by atoms with van der Waals surface area (Å²) in [5, 5.41) is 6.79. The molecular weight excluding hydrogens is 297 g/mol. The van der Waals surface area contributed by atoms with Gasteiger partial charge in [-0.15, -0.1) is 0 Å². The fraction of sp³-hybridized carbons (Fsp3) is 0.143. The third-order valence-corrected chi connectivity index (χ3v) is 2.99. The maximum atomic E-state index is 12.3. The van der Waals surface area contributed by atoms with Crippen molar-refractivity contribution in [3.05, 3.63) is 52.3 Å². The number of hydrogen-bond donors (Lipinski definition) is 2. The van der Waals surface area contributed by atoms with E-state index in [9.17, 15) is 4.79 Å². The first kappa shape index (κ1) is 14.6. The highest BCUT2D eigenvalue weighted by molar-refractivity contribution is 6.35. The molecule has 2 aromatic rings. The molecule has 0 spiro atoms. The minimum Gasteiger partial charge on any atom is -0.385 e. The summed E-state index contributed by atoms with van der Waals surface area (Å²) < 4.78 is 0. The summed E-state index contributed by atoms with van der Waals surface area (Å²) in [4.78, 5) is 16.2. The Morgan fingerprint density at radius 3 is 2.60 bits per heavy atom. The molecule has 0 radical (unpaired) electrons. The Morgan fingerprint density at radius 2 is 1.95 bits per heavy atom. The maximum Gasteiger partial charge on any atom is 0.259 e. The Balaban J connectivity index is 2.23. The summed E-state index contributed by atoms with van der Waals surface area (Å²) in [6.07, 6.45) is 3.14.